The number of hydrogen-bond acceptors (Lipinski definition) is 5. The minimum atomic E-state index is -1.02. The molecule has 2 heterocycles. The van der Waals surface area contributed by atoms with Crippen LogP contribution in [0.25, 0.3) is 6.08 Å². The van der Waals surface area contributed by atoms with Crippen LogP contribution in [0.15, 0.2) is 30.3 Å². The number of carbonyl (C=O) groups is 3. The Kier molecular flexibility index (Phi) is 4.94. The summed E-state index contributed by atoms with van der Waals surface area (Å²) in [6, 6.07) is 6.15. The number of carboxylic acid groups (broad SMARTS) is 1. The number of anilines is 1. The summed E-state index contributed by atoms with van der Waals surface area (Å²) in [4.78, 5) is 39.4. The Hall–Kier alpha value is -2.48. The average Bonchev–Trinajstić information content (AvgIpc) is 2.86. The van der Waals surface area contributed by atoms with Crippen molar-refractivity contribution in [3.8, 4) is 0 Å². The zero-order valence-electron chi connectivity index (χ0n) is 15.7. The molecule has 2 saturated heterocycles. The van der Waals surface area contributed by atoms with Gasteiger partial charge in [0.15, 0.2) is 0 Å². The summed E-state index contributed by atoms with van der Waals surface area (Å²) in [5.74, 6) is -1.74. The molecular weight excluding hydrogens is 366 g/mol. The fraction of sp³-hybridized carbons (Fsp3) is 0.421. The molecule has 7 nitrogen and oxygen atoms in total. The first-order valence-corrected chi connectivity index (χ1v) is 9.48. The van der Waals surface area contributed by atoms with Crippen LogP contribution in [0.5, 0.6) is 0 Å². The second kappa shape index (κ2) is 6.92. The Balaban J connectivity index is 1.62. The molecule has 144 valence electrons. The lowest BCUT2D eigenvalue weighted by Gasteiger charge is -2.43. The molecule has 2 N–H and O–H groups in total. The van der Waals surface area contributed by atoms with Crippen LogP contribution < -0.4 is 10.2 Å². The van der Waals surface area contributed by atoms with Crippen LogP contribution in [0.1, 0.15) is 19.4 Å². The predicted molar refractivity (Wildman–Crippen MR) is 105 cm³/mol. The molecule has 0 radical (unpaired) electrons. The highest BCUT2D eigenvalue weighted by atomic mass is 32.2. The molecule has 0 aromatic heterocycles. The molecule has 2 amide bonds. The number of carbonyl (C=O) groups excluding carboxylic acids is 2. The number of benzene rings is 1. The van der Waals surface area contributed by atoms with E-state index in [4.69, 9.17) is 0 Å². The van der Waals surface area contributed by atoms with Gasteiger partial charge in [-0.25, -0.2) is 4.79 Å². The van der Waals surface area contributed by atoms with E-state index in [1.54, 1.807) is 19.9 Å². The molecule has 0 saturated carbocycles. The quantitative estimate of drug-likeness (QED) is 0.584. The van der Waals surface area contributed by atoms with Crippen molar-refractivity contribution in [3.05, 3.63) is 35.9 Å². The van der Waals surface area contributed by atoms with E-state index in [9.17, 15) is 19.5 Å². The van der Waals surface area contributed by atoms with E-state index in [2.05, 4.69) is 5.32 Å². The highest BCUT2D eigenvalue weighted by Gasteiger charge is 2.64. The van der Waals surface area contributed by atoms with E-state index in [1.807, 2.05) is 43.3 Å². The summed E-state index contributed by atoms with van der Waals surface area (Å²) in [5, 5.41) is 11.8. The lowest BCUT2D eigenvalue weighted by Crippen LogP contribution is -2.70. The Morgan fingerprint density at radius 2 is 1.89 bits per heavy atom. The number of hydrogen-bond donors (Lipinski definition) is 2. The number of fused-ring (bicyclic) bond motifs is 1. The predicted octanol–water partition coefficient (Wildman–Crippen LogP) is 1.40. The van der Waals surface area contributed by atoms with Gasteiger partial charge in [-0.15, -0.1) is 11.8 Å². The van der Waals surface area contributed by atoms with Crippen molar-refractivity contribution in [3.63, 3.8) is 0 Å². The Morgan fingerprint density at radius 1 is 1.26 bits per heavy atom. The minimum Gasteiger partial charge on any atom is -0.480 e. The van der Waals surface area contributed by atoms with E-state index in [1.165, 1.54) is 22.7 Å². The second-order valence-corrected chi connectivity index (χ2v) is 9.17. The van der Waals surface area contributed by atoms with Gasteiger partial charge < -0.3 is 20.2 Å². The lowest BCUT2D eigenvalue weighted by atomic mass is 9.96. The standard InChI is InChI=1S/C19H23N3O4S/c1-19(2)15(18(25)26)22-16(24)14(17(22)27-19)20-13(23)10-7-11-5-8-12(9-6-11)21(3)4/h5-10,14-15,17H,1-4H3,(H,20,23)(H,25,26)/b10-7+/t14-,15+,17+/m1/s1. The van der Waals surface area contributed by atoms with Crippen LogP contribution in [-0.2, 0) is 14.4 Å². The Labute approximate surface area is 162 Å². The molecule has 2 aliphatic heterocycles. The van der Waals surface area contributed by atoms with E-state index >= 15 is 0 Å². The van der Waals surface area contributed by atoms with Crippen LogP contribution in [0, 0.1) is 0 Å². The van der Waals surface area contributed by atoms with Gasteiger partial charge >= 0.3 is 5.97 Å². The second-order valence-electron chi connectivity index (χ2n) is 7.40. The number of rotatable bonds is 5. The molecule has 0 aliphatic carbocycles. The minimum absolute atomic E-state index is 0.342. The SMILES string of the molecule is CN(C)c1ccc(/C=C/C(=O)N[C@@H]2C(=O)N3[C@@H](C(=O)O)C(C)(C)S[C@@H]23)cc1. The fourth-order valence-corrected chi connectivity index (χ4v) is 5.03. The molecule has 2 aliphatic rings. The smallest absolute Gasteiger partial charge is 0.327 e. The molecule has 1 aromatic rings. The number of aliphatic carboxylic acids is 1. The highest BCUT2D eigenvalue weighted by Crippen LogP contribution is 2.50. The van der Waals surface area contributed by atoms with Gasteiger partial charge in [-0.05, 0) is 37.6 Å². The summed E-state index contributed by atoms with van der Waals surface area (Å²) >= 11 is 1.41. The summed E-state index contributed by atoms with van der Waals surface area (Å²) in [5.41, 5.74) is 1.94. The number of nitrogens with one attached hydrogen (secondary N) is 1. The van der Waals surface area contributed by atoms with Crippen molar-refractivity contribution in [2.45, 2.75) is 36.1 Å². The summed E-state index contributed by atoms with van der Waals surface area (Å²) in [7, 11) is 3.91. The van der Waals surface area contributed by atoms with E-state index in [-0.39, 0.29) is 17.2 Å². The van der Waals surface area contributed by atoms with Gasteiger partial charge in [0.1, 0.15) is 17.5 Å². The number of β-lactam (4-membered cyclic amide) rings is 1. The number of amides is 2. The first-order valence-electron chi connectivity index (χ1n) is 8.60. The summed E-state index contributed by atoms with van der Waals surface area (Å²) in [6.07, 6.45) is 3.07. The van der Waals surface area contributed by atoms with Crippen molar-refractivity contribution >= 4 is 41.3 Å². The largest absolute Gasteiger partial charge is 0.480 e. The first-order chi connectivity index (χ1) is 12.6. The normalized spacial score (nSPS) is 25.9. The highest BCUT2D eigenvalue weighted by molar-refractivity contribution is 8.01. The third-order valence-electron chi connectivity index (χ3n) is 4.81. The number of thioether (sulfide) groups is 1. The van der Waals surface area contributed by atoms with Gasteiger partial charge in [0.05, 0.1) is 0 Å². The van der Waals surface area contributed by atoms with Crippen molar-refractivity contribution in [1.82, 2.24) is 10.2 Å². The topological polar surface area (TPSA) is 90.0 Å². The third-order valence-corrected chi connectivity index (χ3v) is 6.38. The van der Waals surface area contributed by atoms with E-state index < -0.39 is 22.8 Å². The van der Waals surface area contributed by atoms with Gasteiger partial charge in [0.2, 0.25) is 11.8 Å². The van der Waals surface area contributed by atoms with Gasteiger partial charge in [-0.1, -0.05) is 12.1 Å². The van der Waals surface area contributed by atoms with Crippen LogP contribution >= 0.6 is 11.8 Å². The van der Waals surface area contributed by atoms with E-state index in [0.29, 0.717) is 0 Å². The van der Waals surface area contributed by atoms with E-state index in [0.717, 1.165) is 11.3 Å². The van der Waals surface area contributed by atoms with Crippen molar-refractivity contribution in [1.29, 1.82) is 0 Å². The summed E-state index contributed by atoms with van der Waals surface area (Å²) < 4.78 is -0.602. The third kappa shape index (κ3) is 3.53. The van der Waals surface area contributed by atoms with Crippen molar-refractivity contribution in [2.24, 2.45) is 0 Å². The molecular formula is C19H23N3O4S. The summed E-state index contributed by atoms with van der Waals surface area (Å²) in [6.45, 7) is 3.61. The molecule has 0 bridgehead atoms. The maximum atomic E-state index is 12.4. The first kappa shape index (κ1) is 19.3. The molecule has 8 heteroatoms. The maximum absolute atomic E-state index is 12.4. The van der Waals surface area contributed by atoms with Gasteiger partial charge in [0, 0.05) is 30.6 Å². The molecule has 3 rings (SSSR count). The maximum Gasteiger partial charge on any atom is 0.327 e. The number of nitrogens with zero attached hydrogens (tertiary/aromatic N) is 2. The Morgan fingerprint density at radius 3 is 2.44 bits per heavy atom. The fourth-order valence-electron chi connectivity index (χ4n) is 3.40. The van der Waals surface area contributed by atoms with Gasteiger partial charge in [-0.3, -0.25) is 9.59 Å². The number of carboxylic acids is 1. The molecule has 3 atom stereocenters. The monoisotopic (exact) mass is 389 g/mol. The molecule has 2 fully saturated rings. The Bertz CT molecular complexity index is 804. The van der Waals surface area contributed by atoms with Crippen LogP contribution in [0.3, 0.4) is 0 Å². The molecule has 0 spiro atoms. The van der Waals surface area contributed by atoms with Crippen LogP contribution in [-0.4, -0.2) is 64.1 Å². The van der Waals surface area contributed by atoms with Gasteiger partial charge in [0.25, 0.3) is 0 Å². The van der Waals surface area contributed by atoms with Gasteiger partial charge in [-0.2, -0.15) is 0 Å². The zero-order valence-corrected chi connectivity index (χ0v) is 16.5. The van der Waals surface area contributed by atoms with Crippen molar-refractivity contribution in [2.75, 3.05) is 19.0 Å². The molecule has 0 unspecified atom stereocenters. The van der Waals surface area contributed by atoms with Crippen molar-refractivity contribution < 1.29 is 19.5 Å². The average molecular weight is 389 g/mol. The zero-order chi connectivity index (χ0) is 19.9. The van der Waals surface area contributed by atoms with Crippen LogP contribution in [0.2, 0.25) is 0 Å². The van der Waals surface area contributed by atoms with Crippen LogP contribution in [0.4, 0.5) is 5.69 Å². The molecule has 1 aromatic carbocycles. The lowest BCUT2D eigenvalue weighted by molar-refractivity contribution is -0.160. The molecule has 27 heavy (non-hydrogen) atoms.